The number of hydrogen-bond donors (Lipinski definition) is 1. The molecule has 1 heterocycles. The molecule has 6 heteroatoms. The lowest BCUT2D eigenvalue weighted by atomic mass is 10.1. The van der Waals surface area contributed by atoms with Crippen molar-refractivity contribution in [2.45, 2.75) is 4.90 Å². The standard InChI is InChI=1S/C18H15NO4S/c1-22-13-7-8-16-14(9-13)19-17(24-16)10-15(20)11-3-5-12(6-4-11)18(21)23-2/h3-10,19H,1-2H3/b17-10+. The smallest absolute Gasteiger partial charge is 0.337 e. The van der Waals surface area contributed by atoms with Gasteiger partial charge in [-0.25, -0.2) is 4.79 Å². The van der Waals surface area contributed by atoms with Crippen molar-refractivity contribution in [2.24, 2.45) is 0 Å². The lowest BCUT2D eigenvalue weighted by Gasteiger charge is -2.02. The Labute approximate surface area is 143 Å². The van der Waals surface area contributed by atoms with Gasteiger partial charge in [0, 0.05) is 22.6 Å². The molecule has 0 spiro atoms. The Kier molecular flexibility index (Phi) is 4.57. The molecule has 0 saturated heterocycles. The number of ether oxygens (including phenoxy) is 2. The first kappa shape index (κ1) is 16.1. The first-order chi connectivity index (χ1) is 11.6. The Morgan fingerprint density at radius 1 is 1.04 bits per heavy atom. The fourth-order valence-corrected chi connectivity index (χ4v) is 3.18. The van der Waals surface area contributed by atoms with Gasteiger partial charge in [0.25, 0.3) is 0 Å². The van der Waals surface area contributed by atoms with Crippen molar-refractivity contribution >= 4 is 29.2 Å². The molecule has 2 aromatic rings. The van der Waals surface area contributed by atoms with E-state index >= 15 is 0 Å². The molecule has 5 nitrogen and oxygen atoms in total. The van der Waals surface area contributed by atoms with Gasteiger partial charge in [-0.05, 0) is 24.3 Å². The van der Waals surface area contributed by atoms with E-state index in [2.05, 4.69) is 10.1 Å². The van der Waals surface area contributed by atoms with Gasteiger partial charge in [0.1, 0.15) is 5.75 Å². The Balaban J connectivity index is 1.75. The second-order valence-corrected chi connectivity index (χ2v) is 6.11. The van der Waals surface area contributed by atoms with Crippen molar-refractivity contribution in [2.75, 3.05) is 19.5 Å². The minimum atomic E-state index is -0.426. The van der Waals surface area contributed by atoms with Crippen LogP contribution < -0.4 is 10.1 Å². The maximum Gasteiger partial charge on any atom is 0.337 e. The summed E-state index contributed by atoms with van der Waals surface area (Å²) in [5, 5.41) is 3.95. The van der Waals surface area contributed by atoms with Gasteiger partial charge in [0.15, 0.2) is 5.78 Å². The van der Waals surface area contributed by atoms with E-state index in [1.807, 2.05) is 18.2 Å². The summed E-state index contributed by atoms with van der Waals surface area (Å²) < 4.78 is 9.83. The van der Waals surface area contributed by atoms with Crippen molar-refractivity contribution in [1.29, 1.82) is 0 Å². The summed E-state index contributed by atoms with van der Waals surface area (Å²) in [6, 6.07) is 12.1. The molecule has 0 unspecified atom stereocenters. The minimum Gasteiger partial charge on any atom is -0.497 e. The average molecular weight is 341 g/mol. The number of fused-ring (bicyclic) bond motifs is 1. The molecule has 0 radical (unpaired) electrons. The summed E-state index contributed by atoms with van der Waals surface area (Å²) in [5.74, 6) is 0.193. The molecule has 1 N–H and O–H groups in total. The highest BCUT2D eigenvalue weighted by Crippen LogP contribution is 2.42. The van der Waals surface area contributed by atoms with Gasteiger partial charge in [0.05, 0.1) is 30.5 Å². The maximum atomic E-state index is 12.4. The average Bonchev–Trinajstić information content (AvgIpc) is 3.02. The van der Waals surface area contributed by atoms with E-state index in [-0.39, 0.29) is 5.78 Å². The van der Waals surface area contributed by atoms with Crippen LogP contribution in [0.5, 0.6) is 5.75 Å². The number of carbonyl (C=O) groups is 2. The number of thioether (sulfide) groups is 1. The molecular formula is C18H15NO4S. The van der Waals surface area contributed by atoms with Gasteiger partial charge >= 0.3 is 5.97 Å². The van der Waals surface area contributed by atoms with Gasteiger partial charge in [-0.15, -0.1) is 0 Å². The van der Waals surface area contributed by atoms with Crippen LogP contribution in [0.3, 0.4) is 0 Å². The van der Waals surface area contributed by atoms with Crippen LogP contribution >= 0.6 is 11.8 Å². The second-order valence-electron chi connectivity index (χ2n) is 5.03. The third kappa shape index (κ3) is 3.28. The van der Waals surface area contributed by atoms with E-state index in [1.54, 1.807) is 37.5 Å². The second kappa shape index (κ2) is 6.80. The molecule has 0 aliphatic carbocycles. The molecule has 0 fully saturated rings. The minimum absolute atomic E-state index is 0.138. The van der Waals surface area contributed by atoms with Crippen LogP contribution in [-0.4, -0.2) is 26.0 Å². The Bertz CT molecular complexity index is 827. The third-order valence-electron chi connectivity index (χ3n) is 3.52. The summed E-state index contributed by atoms with van der Waals surface area (Å²) in [6.45, 7) is 0. The number of benzene rings is 2. The Hall–Kier alpha value is -2.73. The zero-order valence-corrected chi connectivity index (χ0v) is 14.0. The number of rotatable bonds is 4. The molecule has 1 aliphatic heterocycles. The highest BCUT2D eigenvalue weighted by Gasteiger charge is 2.18. The summed E-state index contributed by atoms with van der Waals surface area (Å²) in [4.78, 5) is 24.8. The summed E-state index contributed by atoms with van der Waals surface area (Å²) in [5.41, 5.74) is 1.83. The molecule has 0 saturated carbocycles. The summed E-state index contributed by atoms with van der Waals surface area (Å²) >= 11 is 1.49. The maximum absolute atomic E-state index is 12.4. The van der Waals surface area contributed by atoms with E-state index in [1.165, 1.54) is 18.9 Å². The van der Waals surface area contributed by atoms with Gasteiger partial charge in [-0.1, -0.05) is 23.9 Å². The van der Waals surface area contributed by atoms with Crippen molar-refractivity contribution in [3.63, 3.8) is 0 Å². The predicted molar refractivity (Wildman–Crippen MR) is 92.7 cm³/mol. The number of hydrogen-bond acceptors (Lipinski definition) is 6. The van der Waals surface area contributed by atoms with Crippen LogP contribution in [0.25, 0.3) is 0 Å². The van der Waals surface area contributed by atoms with E-state index in [0.29, 0.717) is 11.1 Å². The number of carbonyl (C=O) groups excluding carboxylic acids is 2. The molecular weight excluding hydrogens is 326 g/mol. The van der Waals surface area contributed by atoms with Crippen molar-refractivity contribution < 1.29 is 19.1 Å². The molecule has 0 aromatic heterocycles. The monoisotopic (exact) mass is 341 g/mol. The number of esters is 1. The van der Waals surface area contributed by atoms with Crippen LogP contribution in [0.2, 0.25) is 0 Å². The van der Waals surface area contributed by atoms with Gasteiger partial charge in [-0.3, -0.25) is 4.79 Å². The Morgan fingerprint density at radius 3 is 2.42 bits per heavy atom. The normalized spacial score (nSPS) is 14.0. The van der Waals surface area contributed by atoms with E-state index in [0.717, 1.165) is 21.4 Å². The predicted octanol–water partition coefficient (Wildman–Crippen LogP) is 3.72. The number of nitrogens with one attached hydrogen (secondary N) is 1. The molecule has 0 atom stereocenters. The third-order valence-corrected chi connectivity index (χ3v) is 4.53. The highest BCUT2D eigenvalue weighted by atomic mass is 32.2. The SMILES string of the molecule is COC(=O)c1ccc(C(=O)/C=C2\Nc3cc(OC)ccc3S2)cc1. The fourth-order valence-electron chi connectivity index (χ4n) is 2.26. The van der Waals surface area contributed by atoms with Crippen molar-refractivity contribution in [1.82, 2.24) is 0 Å². The number of allylic oxidation sites excluding steroid dienone is 1. The van der Waals surface area contributed by atoms with E-state index in [9.17, 15) is 9.59 Å². The van der Waals surface area contributed by atoms with Crippen LogP contribution in [0.4, 0.5) is 5.69 Å². The van der Waals surface area contributed by atoms with E-state index in [4.69, 9.17) is 4.74 Å². The van der Waals surface area contributed by atoms with Crippen molar-refractivity contribution in [3.05, 3.63) is 64.7 Å². The lowest BCUT2D eigenvalue weighted by molar-refractivity contribution is 0.0600. The summed E-state index contributed by atoms with van der Waals surface area (Å²) in [6.07, 6.45) is 1.55. The zero-order valence-electron chi connectivity index (χ0n) is 13.2. The number of ketones is 1. The molecule has 2 aromatic carbocycles. The molecule has 0 bridgehead atoms. The molecule has 1 aliphatic rings. The Morgan fingerprint density at radius 2 is 1.75 bits per heavy atom. The van der Waals surface area contributed by atoms with Gasteiger partial charge in [0.2, 0.25) is 0 Å². The molecule has 0 amide bonds. The first-order valence-corrected chi connectivity index (χ1v) is 7.99. The zero-order chi connectivity index (χ0) is 17.1. The van der Waals surface area contributed by atoms with Gasteiger partial charge in [-0.2, -0.15) is 0 Å². The van der Waals surface area contributed by atoms with Gasteiger partial charge < -0.3 is 14.8 Å². The number of anilines is 1. The lowest BCUT2D eigenvalue weighted by Crippen LogP contribution is -2.03. The fraction of sp³-hybridized carbons (Fsp3) is 0.111. The van der Waals surface area contributed by atoms with Crippen molar-refractivity contribution in [3.8, 4) is 5.75 Å². The highest BCUT2D eigenvalue weighted by molar-refractivity contribution is 8.03. The van der Waals surface area contributed by atoms with Crippen LogP contribution in [-0.2, 0) is 4.74 Å². The van der Waals surface area contributed by atoms with E-state index < -0.39 is 5.97 Å². The topological polar surface area (TPSA) is 64.6 Å². The molecule has 3 rings (SSSR count). The van der Waals surface area contributed by atoms with Crippen LogP contribution in [0.15, 0.2) is 58.5 Å². The molecule has 122 valence electrons. The largest absolute Gasteiger partial charge is 0.497 e. The quantitative estimate of drug-likeness (QED) is 0.519. The first-order valence-electron chi connectivity index (χ1n) is 7.18. The van der Waals surface area contributed by atoms with Crippen LogP contribution in [0, 0.1) is 0 Å². The number of methoxy groups -OCH3 is 2. The van der Waals surface area contributed by atoms with Crippen LogP contribution in [0.1, 0.15) is 20.7 Å². The molecule has 24 heavy (non-hydrogen) atoms. The summed E-state index contributed by atoms with van der Waals surface area (Å²) in [7, 11) is 2.93.